The summed E-state index contributed by atoms with van der Waals surface area (Å²) in [6.45, 7) is 6.44. The van der Waals surface area contributed by atoms with Gasteiger partial charge in [0.05, 0.1) is 27.3 Å². The van der Waals surface area contributed by atoms with Crippen molar-refractivity contribution in [2.75, 3.05) is 12.3 Å². The van der Waals surface area contributed by atoms with Crippen LogP contribution in [0.15, 0.2) is 40.6 Å². The third-order valence-corrected chi connectivity index (χ3v) is 7.60. The molecule has 0 radical (unpaired) electrons. The minimum atomic E-state index is -3.39. The van der Waals surface area contributed by atoms with Gasteiger partial charge in [0.15, 0.2) is 9.84 Å². The van der Waals surface area contributed by atoms with Gasteiger partial charge in [0.1, 0.15) is 0 Å². The van der Waals surface area contributed by atoms with E-state index in [2.05, 4.69) is 13.8 Å². The van der Waals surface area contributed by atoms with Crippen molar-refractivity contribution in [1.29, 1.82) is 0 Å². The van der Waals surface area contributed by atoms with Crippen LogP contribution < -0.4 is 0 Å². The fourth-order valence-electron chi connectivity index (χ4n) is 3.28. The van der Waals surface area contributed by atoms with Crippen LogP contribution in [0.25, 0.3) is 0 Å². The van der Waals surface area contributed by atoms with Crippen LogP contribution >= 0.6 is 22.9 Å². The highest BCUT2D eigenvalue weighted by Crippen LogP contribution is 2.50. The van der Waals surface area contributed by atoms with E-state index in [1.165, 1.54) is 18.2 Å². The van der Waals surface area contributed by atoms with E-state index in [9.17, 15) is 13.2 Å². The SMILES string of the molecule is CCS(=O)(=O)c1ccc(Cl)c(C(=O)N2CC(C)(C)C2c2cccs2)c1. The Labute approximate surface area is 157 Å². The van der Waals surface area contributed by atoms with Crippen molar-refractivity contribution in [1.82, 2.24) is 4.90 Å². The predicted octanol–water partition coefficient (Wildman–Crippen LogP) is 4.42. The van der Waals surface area contributed by atoms with Gasteiger partial charge >= 0.3 is 0 Å². The van der Waals surface area contributed by atoms with Crippen LogP contribution in [0, 0.1) is 5.41 Å². The molecular weight excluding hydrogens is 378 g/mol. The second kappa shape index (κ2) is 6.41. The van der Waals surface area contributed by atoms with Gasteiger partial charge in [-0.2, -0.15) is 0 Å². The lowest BCUT2D eigenvalue weighted by molar-refractivity contribution is -0.0305. The van der Waals surface area contributed by atoms with Gasteiger partial charge in [-0.25, -0.2) is 8.42 Å². The van der Waals surface area contributed by atoms with Gasteiger partial charge in [0.2, 0.25) is 0 Å². The number of amides is 1. The maximum Gasteiger partial charge on any atom is 0.255 e. The normalized spacial score (nSPS) is 19.5. The minimum Gasteiger partial charge on any atom is -0.330 e. The Hall–Kier alpha value is -1.37. The number of hydrogen-bond acceptors (Lipinski definition) is 4. The van der Waals surface area contributed by atoms with Gasteiger partial charge in [-0.1, -0.05) is 38.4 Å². The molecule has 2 heterocycles. The molecule has 0 aliphatic carbocycles. The predicted molar refractivity (Wildman–Crippen MR) is 101 cm³/mol. The Morgan fingerprint density at radius 3 is 2.64 bits per heavy atom. The van der Waals surface area contributed by atoms with E-state index in [1.54, 1.807) is 23.2 Å². The molecule has 1 aliphatic heterocycles. The average Bonchev–Trinajstić information content (AvgIpc) is 3.05. The number of halogens is 1. The number of benzene rings is 1. The summed E-state index contributed by atoms with van der Waals surface area (Å²) < 4.78 is 24.3. The summed E-state index contributed by atoms with van der Waals surface area (Å²) in [5, 5.41) is 2.27. The summed E-state index contributed by atoms with van der Waals surface area (Å²) in [6, 6.07) is 8.31. The van der Waals surface area contributed by atoms with E-state index < -0.39 is 9.84 Å². The molecule has 7 heteroatoms. The van der Waals surface area contributed by atoms with Gasteiger partial charge in [-0.05, 0) is 29.6 Å². The van der Waals surface area contributed by atoms with Gasteiger partial charge in [0, 0.05) is 16.8 Å². The lowest BCUT2D eigenvalue weighted by Gasteiger charge is -2.54. The number of carbonyl (C=O) groups is 1. The zero-order valence-electron chi connectivity index (χ0n) is 14.3. The summed E-state index contributed by atoms with van der Waals surface area (Å²) >= 11 is 7.83. The van der Waals surface area contributed by atoms with Gasteiger partial charge < -0.3 is 4.90 Å². The number of hydrogen-bond donors (Lipinski definition) is 0. The topological polar surface area (TPSA) is 54.5 Å². The van der Waals surface area contributed by atoms with Crippen molar-refractivity contribution in [2.45, 2.75) is 31.7 Å². The van der Waals surface area contributed by atoms with Crippen molar-refractivity contribution in [3.05, 3.63) is 51.2 Å². The molecule has 25 heavy (non-hydrogen) atoms. The van der Waals surface area contributed by atoms with E-state index >= 15 is 0 Å². The molecule has 0 spiro atoms. The van der Waals surface area contributed by atoms with Gasteiger partial charge in [-0.3, -0.25) is 4.79 Å². The standard InChI is InChI=1S/C18H20ClNO3S2/c1-4-25(22,23)12-7-8-14(19)13(10-12)17(21)20-11-18(2,3)16(20)15-6-5-9-24-15/h5-10,16H,4,11H2,1-3H3. The molecule has 3 rings (SSSR count). The molecule has 4 nitrogen and oxygen atoms in total. The largest absolute Gasteiger partial charge is 0.330 e. The molecule has 0 saturated carbocycles. The van der Waals surface area contributed by atoms with Crippen LogP contribution in [-0.4, -0.2) is 31.5 Å². The van der Waals surface area contributed by atoms with E-state index in [0.29, 0.717) is 6.54 Å². The first-order chi connectivity index (χ1) is 11.7. The molecule has 1 unspecified atom stereocenters. The molecule has 1 saturated heterocycles. The van der Waals surface area contributed by atoms with E-state index in [1.807, 2.05) is 17.5 Å². The zero-order chi connectivity index (χ0) is 18.4. The fourth-order valence-corrected chi connectivity index (χ4v) is 5.44. The molecule has 1 aromatic heterocycles. The van der Waals surface area contributed by atoms with Crippen LogP contribution in [0.1, 0.15) is 42.0 Å². The highest BCUT2D eigenvalue weighted by molar-refractivity contribution is 7.91. The number of carbonyl (C=O) groups excluding carboxylic acids is 1. The summed E-state index contributed by atoms with van der Waals surface area (Å²) in [5.74, 6) is -0.243. The number of likely N-dealkylation sites (tertiary alicyclic amines) is 1. The Kier molecular flexibility index (Phi) is 4.73. The Morgan fingerprint density at radius 2 is 2.08 bits per heavy atom. The number of rotatable bonds is 4. The van der Waals surface area contributed by atoms with Crippen molar-refractivity contribution in [3.63, 3.8) is 0 Å². The number of thiophene rings is 1. The Bertz CT molecular complexity index is 904. The molecule has 0 N–H and O–H groups in total. The summed E-state index contributed by atoms with van der Waals surface area (Å²) in [4.78, 5) is 16.1. The van der Waals surface area contributed by atoms with Crippen molar-refractivity contribution < 1.29 is 13.2 Å². The second-order valence-corrected chi connectivity index (χ2v) is 10.5. The monoisotopic (exact) mass is 397 g/mol. The Balaban J connectivity index is 1.98. The molecule has 1 aromatic carbocycles. The van der Waals surface area contributed by atoms with Crippen molar-refractivity contribution >= 4 is 38.7 Å². The first kappa shape index (κ1) is 18.4. The van der Waals surface area contributed by atoms with Crippen LogP contribution in [0.2, 0.25) is 5.02 Å². The van der Waals surface area contributed by atoms with Crippen LogP contribution in [-0.2, 0) is 9.84 Å². The molecule has 1 amide bonds. The summed E-state index contributed by atoms with van der Waals surface area (Å²) in [7, 11) is -3.39. The number of sulfone groups is 1. The third-order valence-electron chi connectivity index (χ3n) is 4.61. The molecule has 1 atom stereocenters. The minimum absolute atomic E-state index is 0.0170. The molecule has 1 fully saturated rings. The first-order valence-electron chi connectivity index (χ1n) is 8.04. The maximum absolute atomic E-state index is 13.1. The lowest BCUT2D eigenvalue weighted by atomic mass is 9.74. The lowest BCUT2D eigenvalue weighted by Crippen LogP contribution is -2.57. The summed E-state index contributed by atoms with van der Waals surface area (Å²) in [5.41, 5.74) is 0.216. The molecule has 1 aliphatic rings. The second-order valence-electron chi connectivity index (χ2n) is 6.88. The van der Waals surface area contributed by atoms with E-state index in [0.717, 1.165) is 4.88 Å². The highest BCUT2D eigenvalue weighted by Gasteiger charge is 2.49. The van der Waals surface area contributed by atoms with E-state index in [-0.39, 0.29) is 38.6 Å². The molecular formula is C18H20ClNO3S2. The van der Waals surface area contributed by atoms with Crippen LogP contribution in [0.5, 0.6) is 0 Å². The van der Waals surface area contributed by atoms with Crippen LogP contribution in [0.4, 0.5) is 0 Å². The fraction of sp³-hybridized carbons (Fsp3) is 0.389. The molecule has 134 valence electrons. The summed E-state index contributed by atoms with van der Waals surface area (Å²) in [6.07, 6.45) is 0. The zero-order valence-corrected chi connectivity index (χ0v) is 16.7. The van der Waals surface area contributed by atoms with Crippen molar-refractivity contribution in [2.24, 2.45) is 5.41 Å². The molecule has 2 aromatic rings. The smallest absolute Gasteiger partial charge is 0.255 e. The maximum atomic E-state index is 13.1. The average molecular weight is 398 g/mol. The third kappa shape index (κ3) is 3.23. The van der Waals surface area contributed by atoms with Gasteiger partial charge in [-0.15, -0.1) is 11.3 Å². The van der Waals surface area contributed by atoms with E-state index in [4.69, 9.17) is 11.6 Å². The van der Waals surface area contributed by atoms with Crippen LogP contribution in [0.3, 0.4) is 0 Å². The molecule has 0 bridgehead atoms. The highest BCUT2D eigenvalue weighted by atomic mass is 35.5. The van der Waals surface area contributed by atoms with Gasteiger partial charge in [0.25, 0.3) is 5.91 Å². The quantitative estimate of drug-likeness (QED) is 0.767. The number of nitrogens with zero attached hydrogens (tertiary/aromatic N) is 1. The first-order valence-corrected chi connectivity index (χ1v) is 10.9. The Morgan fingerprint density at radius 1 is 1.36 bits per heavy atom. The van der Waals surface area contributed by atoms with Crippen molar-refractivity contribution in [3.8, 4) is 0 Å².